The maximum Gasteiger partial charge on any atom is 0.0737 e. The highest BCUT2D eigenvalue weighted by Gasteiger charge is 2.67. The summed E-state index contributed by atoms with van der Waals surface area (Å²) in [5, 5.41) is 6.77. The molecular weight excluding hydrogens is 176 g/mol. The summed E-state index contributed by atoms with van der Waals surface area (Å²) < 4.78 is 0. The van der Waals surface area contributed by atoms with Crippen molar-refractivity contribution < 1.29 is 0 Å². The van der Waals surface area contributed by atoms with E-state index in [4.69, 9.17) is 0 Å². The summed E-state index contributed by atoms with van der Waals surface area (Å²) in [6.07, 6.45) is 0.551. The van der Waals surface area contributed by atoms with Crippen LogP contribution in [0.4, 0.5) is 0 Å². The monoisotopic (exact) mass is 195 g/mol. The molecule has 4 nitrogen and oxygen atoms in total. The van der Waals surface area contributed by atoms with Crippen LogP contribution in [0.2, 0.25) is 0 Å². The lowest BCUT2D eigenvalue weighted by Crippen LogP contribution is -2.31. The van der Waals surface area contributed by atoms with E-state index in [1.165, 1.54) is 0 Å². The van der Waals surface area contributed by atoms with Gasteiger partial charge in [-0.05, 0) is 26.7 Å². The van der Waals surface area contributed by atoms with E-state index in [0.717, 1.165) is 6.54 Å². The molecule has 0 aromatic carbocycles. The van der Waals surface area contributed by atoms with Crippen molar-refractivity contribution in [2.75, 3.05) is 6.54 Å². The van der Waals surface area contributed by atoms with Gasteiger partial charge in [0.05, 0.1) is 6.17 Å². The standard InChI is InChI=1S/C10H19N4/c1-7(2)8-12-6-10(5)9(3,4)14(10)11-13(8)12/h7-8H,6H2,1-5H3/q-1. The number of nitrogens with zero attached hydrogens (tertiary/aromatic N) is 4. The summed E-state index contributed by atoms with van der Waals surface area (Å²) in [4.78, 5) is 0. The first-order valence-electron chi connectivity index (χ1n) is 5.47. The Bertz CT molecular complexity index is 288. The van der Waals surface area contributed by atoms with E-state index in [2.05, 4.69) is 55.3 Å². The third kappa shape index (κ3) is 0.795. The number of hydrogen-bond acceptors (Lipinski definition) is 3. The summed E-state index contributed by atoms with van der Waals surface area (Å²) in [5.41, 5.74) is 5.17. The van der Waals surface area contributed by atoms with E-state index in [0.29, 0.717) is 12.1 Å². The Morgan fingerprint density at radius 1 is 1.29 bits per heavy atom. The fraction of sp³-hybridized carbons (Fsp3) is 1.00. The van der Waals surface area contributed by atoms with Crippen molar-refractivity contribution in [1.82, 2.24) is 15.1 Å². The van der Waals surface area contributed by atoms with Crippen molar-refractivity contribution in [3.8, 4) is 0 Å². The molecule has 0 radical (unpaired) electrons. The molecule has 5 unspecified atom stereocenters. The van der Waals surface area contributed by atoms with Gasteiger partial charge >= 0.3 is 0 Å². The van der Waals surface area contributed by atoms with Gasteiger partial charge in [0.1, 0.15) is 0 Å². The molecule has 3 aliphatic rings. The van der Waals surface area contributed by atoms with E-state index < -0.39 is 0 Å². The van der Waals surface area contributed by atoms with Crippen molar-refractivity contribution in [1.29, 1.82) is 0 Å². The summed E-state index contributed by atoms with van der Waals surface area (Å²) in [6.45, 7) is 12.5. The summed E-state index contributed by atoms with van der Waals surface area (Å²) in [6, 6.07) is 0. The quantitative estimate of drug-likeness (QED) is 0.593. The SMILES string of the molecule is CC(C)C1N2CC3(C)N([N-]N12)C3(C)C. The van der Waals surface area contributed by atoms with Gasteiger partial charge in [-0.15, -0.1) is 0 Å². The Labute approximate surface area is 85.7 Å². The third-order valence-corrected chi connectivity index (χ3v) is 4.26. The van der Waals surface area contributed by atoms with Crippen LogP contribution in [0.25, 0.3) is 5.53 Å². The minimum atomic E-state index is 0.252. The molecule has 5 atom stereocenters. The second-order valence-corrected chi connectivity index (χ2v) is 5.81. The molecule has 14 heavy (non-hydrogen) atoms. The molecule has 3 fully saturated rings. The van der Waals surface area contributed by atoms with Crippen molar-refractivity contribution in [2.24, 2.45) is 5.92 Å². The highest BCUT2D eigenvalue weighted by atomic mass is 16.1. The molecule has 0 aliphatic carbocycles. The van der Waals surface area contributed by atoms with Gasteiger partial charge in [-0.3, -0.25) is 0 Å². The summed E-state index contributed by atoms with van der Waals surface area (Å²) in [5.74, 6) is 0.671. The van der Waals surface area contributed by atoms with E-state index in [9.17, 15) is 0 Å². The molecule has 3 saturated heterocycles. The first kappa shape index (κ1) is 9.09. The van der Waals surface area contributed by atoms with E-state index in [-0.39, 0.29) is 11.1 Å². The first-order valence-corrected chi connectivity index (χ1v) is 5.47. The number of hydrazine groups is 1. The van der Waals surface area contributed by atoms with E-state index in [1.54, 1.807) is 0 Å². The molecule has 0 saturated carbocycles. The van der Waals surface area contributed by atoms with Gasteiger partial charge in [0.2, 0.25) is 0 Å². The van der Waals surface area contributed by atoms with Gasteiger partial charge in [-0.2, -0.15) is 0 Å². The van der Waals surface area contributed by atoms with Gasteiger partial charge in [-0.1, -0.05) is 13.8 Å². The lowest BCUT2D eigenvalue weighted by atomic mass is 9.98. The zero-order chi connectivity index (χ0) is 10.3. The second kappa shape index (κ2) is 2.16. The lowest BCUT2D eigenvalue weighted by Gasteiger charge is -2.33. The van der Waals surface area contributed by atoms with Gasteiger partial charge in [0, 0.05) is 17.6 Å². The first-order chi connectivity index (χ1) is 6.39. The third-order valence-electron chi connectivity index (χ3n) is 4.26. The van der Waals surface area contributed by atoms with Crippen molar-refractivity contribution >= 4 is 0 Å². The summed E-state index contributed by atoms with van der Waals surface area (Å²) >= 11 is 0. The van der Waals surface area contributed by atoms with Crippen LogP contribution >= 0.6 is 0 Å². The molecule has 0 N–H and O–H groups in total. The van der Waals surface area contributed by atoms with Gasteiger partial charge in [-0.25, -0.2) is 5.01 Å². The number of rotatable bonds is 1. The Morgan fingerprint density at radius 3 is 2.43 bits per heavy atom. The van der Waals surface area contributed by atoms with Crippen LogP contribution in [0.3, 0.4) is 0 Å². The lowest BCUT2D eigenvalue weighted by molar-refractivity contribution is 0.217. The van der Waals surface area contributed by atoms with Gasteiger partial charge in [0.15, 0.2) is 0 Å². The Kier molecular flexibility index (Phi) is 1.41. The number of hydrogen-bond donors (Lipinski definition) is 0. The van der Waals surface area contributed by atoms with Crippen molar-refractivity contribution in [3.05, 3.63) is 5.53 Å². The van der Waals surface area contributed by atoms with E-state index >= 15 is 0 Å². The average molecular weight is 195 g/mol. The average Bonchev–Trinajstić information content (AvgIpc) is 2.84. The zero-order valence-electron chi connectivity index (χ0n) is 9.65. The molecule has 3 heterocycles. The smallest absolute Gasteiger partial charge is 0.0737 e. The van der Waals surface area contributed by atoms with Crippen LogP contribution in [0.15, 0.2) is 0 Å². The minimum absolute atomic E-state index is 0.252. The molecule has 0 amide bonds. The second-order valence-electron chi connectivity index (χ2n) is 5.81. The molecule has 0 bridgehead atoms. The zero-order valence-corrected chi connectivity index (χ0v) is 9.65. The van der Waals surface area contributed by atoms with Crippen LogP contribution in [0, 0.1) is 5.92 Å². The largest absolute Gasteiger partial charge is 0.509 e. The Hall–Kier alpha value is -0.160. The maximum atomic E-state index is 4.65. The van der Waals surface area contributed by atoms with Crippen LogP contribution in [0.1, 0.15) is 34.6 Å². The summed E-state index contributed by atoms with van der Waals surface area (Å²) in [7, 11) is 0. The molecular formula is C10H19N4-. The molecule has 3 rings (SSSR count). The topological polar surface area (TPSA) is 23.1 Å². The highest BCUT2D eigenvalue weighted by molar-refractivity contribution is 5.30. The molecule has 4 heteroatoms. The van der Waals surface area contributed by atoms with Crippen LogP contribution in [-0.2, 0) is 0 Å². The Balaban J connectivity index is 1.77. The van der Waals surface area contributed by atoms with Crippen LogP contribution in [0.5, 0.6) is 0 Å². The maximum absolute atomic E-state index is 4.65. The fourth-order valence-electron chi connectivity index (χ4n) is 2.77. The van der Waals surface area contributed by atoms with Crippen LogP contribution < -0.4 is 0 Å². The number of fused-ring (bicyclic) bond motifs is 2. The highest BCUT2D eigenvalue weighted by Crippen LogP contribution is 2.61. The molecule has 0 aromatic rings. The minimum Gasteiger partial charge on any atom is -0.509 e. The molecule has 0 spiro atoms. The Morgan fingerprint density at radius 2 is 1.93 bits per heavy atom. The van der Waals surface area contributed by atoms with E-state index in [1.807, 2.05) is 0 Å². The molecule has 3 aliphatic heterocycles. The predicted octanol–water partition coefficient (Wildman–Crippen LogP) is 1.57. The van der Waals surface area contributed by atoms with Gasteiger partial charge < -0.3 is 15.7 Å². The molecule has 80 valence electrons. The molecule has 0 aromatic heterocycles. The van der Waals surface area contributed by atoms with Crippen molar-refractivity contribution in [2.45, 2.75) is 51.9 Å². The van der Waals surface area contributed by atoms with Crippen molar-refractivity contribution in [3.63, 3.8) is 0 Å². The van der Waals surface area contributed by atoms with Crippen LogP contribution in [-0.4, -0.2) is 38.9 Å². The van der Waals surface area contributed by atoms with Gasteiger partial charge in [0.25, 0.3) is 0 Å². The fourth-order valence-corrected chi connectivity index (χ4v) is 2.77. The predicted molar refractivity (Wildman–Crippen MR) is 54.9 cm³/mol. The normalized spacial score (nSPS) is 57.9.